The zero-order valence-electron chi connectivity index (χ0n) is 14.7. The molecule has 0 aliphatic heterocycles. The van der Waals surface area contributed by atoms with E-state index in [4.69, 9.17) is 0 Å². The number of amides is 2. The molecule has 0 unspecified atom stereocenters. The first kappa shape index (κ1) is 18.3. The van der Waals surface area contributed by atoms with Crippen LogP contribution in [0.25, 0.3) is 5.69 Å². The summed E-state index contributed by atoms with van der Waals surface area (Å²) in [6.07, 6.45) is 5.25. The lowest BCUT2D eigenvalue weighted by Gasteiger charge is -2.15. The third-order valence-electron chi connectivity index (χ3n) is 4.10. The number of hydrogen-bond acceptors (Lipinski definition) is 3. The number of rotatable bonds is 6. The van der Waals surface area contributed by atoms with Gasteiger partial charge in [0.15, 0.2) is 0 Å². The Kier molecular flexibility index (Phi) is 5.61. The first-order chi connectivity index (χ1) is 13.0. The Hall–Kier alpha value is -3.48. The van der Waals surface area contributed by atoms with E-state index in [9.17, 15) is 14.0 Å². The fourth-order valence-corrected chi connectivity index (χ4v) is 2.62. The molecule has 7 heteroatoms. The molecule has 0 saturated heterocycles. The highest BCUT2D eigenvalue weighted by molar-refractivity contribution is 5.96. The second-order valence-corrected chi connectivity index (χ2v) is 6.01. The zero-order valence-corrected chi connectivity index (χ0v) is 14.7. The summed E-state index contributed by atoms with van der Waals surface area (Å²) in [7, 11) is 0. The van der Waals surface area contributed by atoms with Crippen molar-refractivity contribution in [2.75, 3.05) is 6.54 Å². The van der Waals surface area contributed by atoms with Crippen LogP contribution in [0, 0.1) is 5.82 Å². The number of benzene rings is 2. The fourth-order valence-electron chi connectivity index (χ4n) is 2.62. The lowest BCUT2D eigenvalue weighted by atomic mass is 10.1. The third-order valence-corrected chi connectivity index (χ3v) is 4.10. The van der Waals surface area contributed by atoms with Crippen LogP contribution < -0.4 is 10.6 Å². The van der Waals surface area contributed by atoms with Gasteiger partial charge in [-0.2, -0.15) is 0 Å². The topological polar surface area (TPSA) is 76.0 Å². The first-order valence-corrected chi connectivity index (χ1v) is 8.45. The van der Waals surface area contributed by atoms with Crippen LogP contribution in [0.1, 0.15) is 28.9 Å². The van der Waals surface area contributed by atoms with Crippen molar-refractivity contribution in [1.82, 2.24) is 20.2 Å². The molecule has 1 heterocycles. The number of halogens is 1. The third kappa shape index (κ3) is 4.58. The molecule has 6 nitrogen and oxygen atoms in total. The Labute approximate surface area is 156 Å². The molecule has 0 aliphatic rings. The number of hydrogen-bond donors (Lipinski definition) is 2. The number of nitrogens with zero attached hydrogens (tertiary/aromatic N) is 2. The van der Waals surface area contributed by atoms with Crippen molar-refractivity contribution in [3.63, 3.8) is 0 Å². The molecule has 3 aromatic rings. The Morgan fingerprint density at radius 1 is 1.15 bits per heavy atom. The molecule has 1 atom stereocenters. The Morgan fingerprint density at radius 3 is 2.56 bits per heavy atom. The zero-order chi connectivity index (χ0) is 19.2. The van der Waals surface area contributed by atoms with Crippen molar-refractivity contribution in [2.45, 2.75) is 13.0 Å². The Balaban J connectivity index is 1.53. The lowest BCUT2D eigenvalue weighted by molar-refractivity contribution is -0.120. The normalized spacial score (nSPS) is 11.6. The molecule has 0 spiro atoms. The van der Waals surface area contributed by atoms with Crippen LogP contribution in [0.15, 0.2) is 67.3 Å². The van der Waals surface area contributed by atoms with Crippen molar-refractivity contribution in [2.24, 2.45) is 0 Å². The van der Waals surface area contributed by atoms with Crippen LogP contribution in [-0.4, -0.2) is 27.9 Å². The minimum absolute atomic E-state index is 0.0894. The quantitative estimate of drug-likeness (QED) is 0.704. The molecule has 1 aromatic heterocycles. The molecule has 138 valence electrons. The summed E-state index contributed by atoms with van der Waals surface area (Å²) in [5, 5.41) is 5.23. The van der Waals surface area contributed by atoms with Crippen LogP contribution in [0.5, 0.6) is 0 Å². The molecule has 0 aliphatic carbocycles. The molecular weight excluding hydrogens is 347 g/mol. The number of carbonyl (C=O) groups excluding carboxylic acids is 2. The maximum Gasteiger partial charge on any atom is 0.254 e. The van der Waals surface area contributed by atoms with Gasteiger partial charge < -0.3 is 15.2 Å². The average molecular weight is 366 g/mol. The van der Waals surface area contributed by atoms with Gasteiger partial charge >= 0.3 is 0 Å². The fraction of sp³-hybridized carbons (Fsp3) is 0.150. The summed E-state index contributed by atoms with van der Waals surface area (Å²) in [5.41, 5.74) is 1.80. The molecular formula is C20H19FN4O2. The Bertz CT molecular complexity index is 923. The van der Waals surface area contributed by atoms with E-state index in [0.717, 1.165) is 11.3 Å². The maximum absolute atomic E-state index is 13.6. The van der Waals surface area contributed by atoms with Gasteiger partial charge in [-0.1, -0.05) is 24.3 Å². The van der Waals surface area contributed by atoms with E-state index in [1.807, 2.05) is 42.0 Å². The standard InChI is InChI=1S/C20H19FN4O2/c1-14(15-6-8-16(9-7-15)25-11-10-22-13-25)24-19(26)12-23-20(27)17-4-2-3-5-18(17)21/h2-11,13-14H,12H2,1H3,(H,23,27)(H,24,26)/t14-/m1/s1. The van der Waals surface area contributed by atoms with Gasteiger partial charge in [-0.15, -0.1) is 0 Å². The van der Waals surface area contributed by atoms with E-state index < -0.39 is 11.7 Å². The number of aromatic nitrogens is 2. The van der Waals surface area contributed by atoms with Crippen molar-refractivity contribution < 1.29 is 14.0 Å². The SMILES string of the molecule is C[C@@H](NC(=O)CNC(=O)c1ccccc1F)c1ccc(-n2ccnc2)cc1. The summed E-state index contributed by atoms with van der Waals surface area (Å²) < 4.78 is 15.4. The molecule has 3 rings (SSSR count). The highest BCUT2D eigenvalue weighted by atomic mass is 19.1. The second-order valence-electron chi connectivity index (χ2n) is 6.01. The van der Waals surface area contributed by atoms with Crippen molar-refractivity contribution in [3.8, 4) is 5.69 Å². The van der Waals surface area contributed by atoms with E-state index in [0.29, 0.717) is 0 Å². The predicted octanol–water partition coefficient (Wildman–Crippen LogP) is 2.62. The molecule has 2 N–H and O–H groups in total. The molecule has 0 bridgehead atoms. The van der Waals surface area contributed by atoms with E-state index in [2.05, 4.69) is 15.6 Å². The van der Waals surface area contributed by atoms with Gasteiger partial charge in [-0.25, -0.2) is 9.37 Å². The number of imidazole rings is 1. The molecule has 0 saturated carbocycles. The molecule has 0 fully saturated rings. The summed E-state index contributed by atoms with van der Waals surface area (Å²) in [5.74, 6) is -1.60. The summed E-state index contributed by atoms with van der Waals surface area (Å²) in [4.78, 5) is 28.0. The molecule has 2 aromatic carbocycles. The highest BCUT2D eigenvalue weighted by Crippen LogP contribution is 2.15. The summed E-state index contributed by atoms with van der Waals surface area (Å²) >= 11 is 0. The van der Waals surface area contributed by atoms with Gasteiger partial charge in [0.05, 0.1) is 24.5 Å². The maximum atomic E-state index is 13.6. The van der Waals surface area contributed by atoms with Crippen LogP contribution in [-0.2, 0) is 4.79 Å². The minimum Gasteiger partial charge on any atom is -0.348 e. The van der Waals surface area contributed by atoms with Crippen molar-refractivity contribution >= 4 is 11.8 Å². The van der Waals surface area contributed by atoms with Gasteiger partial charge in [0.25, 0.3) is 5.91 Å². The summed E-state index contributed by atoms with van der Waals surface area (Å²) in [6.45, 7) is 1.62. The van der Waals surface area contributed by atoms with Crippen molar-refractivity contribution in [3.05, 3.63) is 84.2 Å². The van der Waals surface area contributed by atoms with Crippen LogP contribution in [0.4, 0.5) is 4.39 Å². The molecule has 27 heavy (non-hydrogen) atoms. The molecule has 0 radical (unpaired) electrons. The second kappa shape index (κ2) is 8.27. The van der Waals surface area contributed by atoms with Gasteiger partial charge in [0.1, 0.15) is 5.82 Å². The van der Waals surface area contributed by atoms with Gasteiger partial charge in [0.2, 0.25) is 5.91 Å². The van der Waals surface area contributed by atoms with Gasteiger partial charge in [-0.05, 0) is 36.8 Å². The highest BCUT2D eigenvalue weighted by Gasteiger charge is 2.14. The lowest BCUT2D eigenvalue weighted by Crippen LogP contribution is -2.38. The van der Waals surface area contributed by atoms with E-state index >= 15 is 0 Å². The first-order valence-electron chi connectivity index (χ1n) is 8.45. The van der Waals surface area contributed by atoms with Crippen LogP contribution in [0.3, 0.4) is 0 Å². The summed E-state index contributed by atoms with van der Waals surface area (Å²) in [6, 6.07) is 13.1. The van der Waals surface area contributed by atoms with E-state index in [-0.39, 0.29) is 24.1 Å². The smallest absolute Gasteiger partial charge is 0.254 e. The van der Waals surface area contributed by atoms with Gasteiger partial charge in [-0.3, -0.25) is 9.59 Å². The van der Waals surface area contributed by atoms with E-state index in [1.165, 1.54) is 18.2 Å². The average Bonchev–Trinajstić information content (AvgIpc) is 3.21. The largest absolute Gasteiger partial charge is 0.348 e. The number of nitrogens with one attached hydrogen (secondary N) is 2. The monoisotopic (exact) mass is 366 g/mol. The number of carbonyl (C=O) groups is 2. The molecule has 2 amide bonds. The van der Waals surface area contributed by atoms with Crippen LogP contribution in [0.2, 0.25) is 0 Å². The van der Waals surface area contributed by atoms with Gasteiger partial charge in [0, 0.05) is 18.1 Å². The van der Waals surface area contributed by atoms with E-state index in [1.54, 1.807) is 18.6 Å². The van der Waals surface area contributed by atoms with Crippen LogP contribution >= 0.6 is 0 Å². The van der Waals surface area contributed by atoms with Crippen molar-refractivity contribution in [1.29, 1.82) is 0 Å². The minimum atomic E-state index is -0.624. The Morgan fingerprint density at radius 2 is 1.89 bits per heavy atom. The predicted molar refractivity (Wildman–Crippen MR) is 98.9 cm³/mol.